The molecule has 0 bridgehead atoms. The number of benzene rings is 1. The van der Waals surface area contributed by atoms with E-state index >= 15 is 0 Å². The van der Waals surface area contributed by atoms with Gasteiger partial charge in [0, 0.05) is 16.9 Å². The number of hydrogen-bond donors (Lipinski definition) is 0. The zero-order chi connectivity index (χ0) is 15.4. The monoisotopic (exact) mass is 325 g/mol. The van der Waals surface area contributed by atoms with Crippen LogP contribution in [0.2, 0.25) is 5.02 Å². The molecule has 0 saturated heterocycles. The maximum absolute atomic E-state index is 6.06. The van der Waals surface area contributed by atoms with Crippen molar-refractivity contribution >= 4 is 11.6 Å². The molecule has 0 N–H and O–H groups in total. The van der Waals surface area contributed by atoms with Crippen molar-refractivity contribution in [3.63, 3.8) is 0 Å². The molecule has 3 aliphatic rings. The van der Waals surface area contributed by atoms with E-state index in [-0.39, 0.29) is 5.41 Å². The van der Waals surface area contributed by atoms with Gasteiger partial charge >= 0.3 is 0 Å². The second kappa shape index (κ2) is 5.01. The SMILES string of the molecule is Clc1ccc(C2(c3nnc(C4CC4)c(C4CC4)n3)CCC2)cc1. The lowest BCUT2D eigenvalue weighted by molar-refractivity contribution is 0.281. The first kappa shape index (κ1) is 13.9. The molecule has 3 fully saturated rings. The number of halogens is 1. The Hall–Kier alpha value is -1.48. The Balaban J connectivity index is 1.59. The zero-order valence-electron chi connectivity index (χ0n) is 13.1. The fourth-order valence-corrected chi connectivity index (χ4v) is 3.92. The molecule has 0 unspecified atom stereocenters. The fraction of sp³-hybridized carbons (Fsp3) is 0.526. The maximum atomic E-state index is 6.06. The van der Waals surface area contributed by atoms with Gasteiger partial charge in [0.05, 0.1) is 16.8 Å². The molecular weight excluding hydrogens is 306 g/mol. The van der Waals surface area contributed by atoms with Gasteiger partial charge in [-0.25, -0.2) is 4.98 Å². The van der Waals surface area contributed by atoms with Crippen molar-refractivity contribution in [3.05, 3.63) is 52.1 Å². The van der Waals surface area contributed by atoms with Gasteiger partial charge in [-0.1, -0.05) is 30.2 Å². The number of nitrogens with zero attached hydrogens (tertiary/aromatic N) is 3. The van der Waals surface area contributed by atoms with E-state index in [9.17, 15) is 0 Å². The second-order valence-electron chi connectivity index (χ2n) is 7.40. The van der Waals surface area contributed by atoms with Crippen LogP contribution in [-0.4, -0.2) is 15.2 Å². The highest BCUT2D eigenvalue weighted by Crippen LogP contribution is 2.51. The second-order valence-corrected chi connectivity index (χ2v) is 7.83. The van der Waals surface area contributed by atoms with Gasteiger partial charge in [0.25, 0.3) is 0 Å². The topological polar surface area (TPSA) is 38.7 Å². The summed E-state index contributed by atoms with van der Waals surface area (Å²) >= 11 is 6.06. The van der Waals surface area contributed by atoms with Crippen LogP contribution in [0.15, 0.2) is 24.3 Å². The van der Waals surface area contributed by atoms with Crippen LogP contribution < -0.4 is 0 Å². The van der Waals surface area contributed by atoms with Crippen LogP contribution in [0.4, 0.5) is 0 Å². The van der Waals surface area contributed by atoms with Gasteiger partial charge in [-0.05, 0) is 56.2 Å². The maximum Gasteiger partial charge on any atom is 0.161 e. The molecule has 0 radical (unpaired) electrons. The average Bonchev–Trinajstić information content (AvgIpc) is 3.39. The van der Waals surface area contributed by atoms with Crippen LogP contribution in [0.5, 0.6) is 0 Å². The predicted molar refractivity (Wildman–Crippen MR) is 89.9 cm³/mol. The highest BCUT2D eigenvalue weighted by atomic mass is 35.5. The van der Waals surface area contributed by atoms with Crippen LogP contribution in [0, 0.1) is 0 Å². The number of rotatable bonds is 4. The van der Waals surface area contributed by atoms with Crippen LogP contribution >= 0.6 is 11.6 Å². The Bertz CT molecular complexity index is 744. The number of aromatic nitrogens is 3. The van der Waals surface area contributed by atoms with Crippen molar-refractivity contribution in [1.82, 2.24) is 15.2 Å². The molecule has 0 atom stereocenters. The molecule has 3 saturated carbocycles. The molecule has 3 nitrogen and oxygen atoms in total. The van der Waals surface area contributed by atoms with E-state index in [4.69, 9.17) is 16.6 Å². The van der Waals surface area contributed by atoms with E-state index in [2.05, 4.69) is 22.3 Å². The molecule has 1 aromatic heterocycles. The summed E-state index contributed by atoms with van der Waals surface area (Å²) in [4.78, 5) is 5.08. The van der Waals surface area contributed by atoms with E-state index in [0.29, 0.717) is 11.8 Å². The van der Waals surface area contributed by atoms with E-state index in [1.165, 1.54) is 49.1 Å². The minimum absolute atomic E-state index is 0.0384. The lowest BCUT2D eigenvalue weighted by Crippen LogP contribution is -2.38. The van der Waals surface area contributed by atoms with Crippen LogP contribution in [0.25, 0.3) is 0 Å². The van der Waals surface area contributed by atoms with Gasteiger partial charge in [0.2, 0.25) is 0 Å². The summed E-state index contributed by atoms with van der Waals surface area (Å²) in [6.45, 7) is 0. The third-order valence-corrected chi connectivity index (χ3v) is 5.95. The van der Waals surface area contributed by atoms with E-state index in [0.717, 1.165) is 23.7 Å². The smallest absolute Gasteiger partial charge is 0.161 e. The minimum atomic E-state index is -0.0384. The van der Waals surface area contributed by atoms with Gasteiger partial charge in [0.1, 0.15) is 0 Å². The van der Waals surface area contributed by atoms with E-state index < -0.39 is 0 Å². The highest BCUT2D eigenvalue weighted by molar-refractivity contribution is 6.30. The normalized spacial score (nSPS) is 22.7. The molecule has 2 aromatic rings. The number of hydrogen-bond acceptors (Lipinski definition) is 3. The first-order valence-corrected chi connectivity index (χ1v) is 9.15. The van der Waals surface area contributed by atoms with Gasteiger partial charge in [0.15, 0.2) is 5.82 Å². The Kier molecular flexibility index (Phi) is 3.03. The molecule has 23 heavy (non-hydrogen) atoms. The highest BCUT2D eigenvalue weighted by Gasteiger charge is 2.45. The van der Waals surface area contributed by atoms with Crippen molar-refractivity contribution < 1.29 is 0 Å². The van der Waals surface area contributed by atoms with E-state index in [1.807, 2.05) is 12.1 Å². The van der Waals surface area contributed by atoms with Crippen molar-refractivity contribution in [3.8, 4) is 0 Å². The Morgan fingerprint density at radius 1 is 0.870 bits per heavy atom. The molecule has 1 heterocycles. The summed E-state index contributed by atoms with van der Waals surface area (Å²) < 4.78 is 0. The standard InChI is InChI=1S/C19H20ClN3/c20-15-8-6-14(7-9-15)19(10-1-11-19)18-21-16(12-2-3-12)17(22-23-18)13-4-5-13/h6-9,12-13H,1-5,10-11H2. The molecule has 4 heteroatoms. The van der Waals surface area contributed by atoms with Gasteiger partial charge in [-0.15, -0.1) is 5.10 Å². The summed E-state index contributed by atoms with van der Waals surface area (Å²) in [5, 5.41) is 10.0. The zero-order valence-corrected chi connectivity index (χ0v) is 13.9. The Morgan fingerprint density at radius 3 is 2.09 bits per heavy atom. The molecule has 0 spiro atoms. The van der Waals surface area contributed by atoms with Crippen molar-refractivity contribution in [1.29, 1.82) is 0 Å². The summed E-state index contributed by atoms with van der Waals surface area (Å²) in [7, 11) is 0. The average molecular weight is 326 g/mol. The summed E-state index contributed by atoms with van der Waals surface area (Å²) in [6.07, 6.45) is 8.52. The summed E-state index contributed by atoms with van der Waals surface area (Å²) in [5.74, 6) is 2.21. The van der Waals surface area contributed by atoms with Crippen LogP contribution in [-0.2, 0) is 5.41 Å². The van der Waals surface area contributed by atoms with Crippen LogP contribution in [0.1, 0.15) is 79.6 Å². The first-order valence-electron chi connectivity index (χ1n) is 8.77. The van der Waals surface area contributed by atoms with Gasteiger partial charge < -0.3 is 0 Å². The third-order valence-electron chi connectivity index (χ3n) is 5.70. The lowest BCUT2D eigenvalue weighted by atomic mass is 9.64. The molecular formula is C19H20ClN3. The first-order chi connectivity index (χ1) is 11.3. The molecule has 3 aliphatic carbocycles. The molecule has 1 aromatic carbocycles. The molecule has 0 amide bonds. The minimum Gasteiger partial charge on any atom is -0.233 e. The molecule has 118 valence electrons. The lowest BCUT2D eigenvalue weighted by Gasteiger charge is -2.40. The Morgan fingerprint density at radius 2 is 1.52 bits per heavy atom. The largest absolute Gasteiger partial charge is 0.233 e. The molecule has 0 aliphatic heterocycles. The van der Waals surface area contributed by atoms with Gasteiger partial charge in [-0.3, -0.25) is 0 Å². The van der Waals surface area contributed by atoms with Crippen molar-refractivity contribution in [2.45, 2.75) is 62.2 Å². The quantitative estimate of drug-likeness (QED) is 0.814. The summed E-state index contributed by atoms with van der Waals surface area (Å²) in [6, 6.07) is 8.22. The van der Waals surface area contributed by atoms with Crippen molar-refractivity contribution in [2.24, 2.45) is 0 Å². The molecule has 5 rings (SSSR count). The van der Waals surface area contributed by atoms with Crippen molar-refractivity contribution in [2.75, 3.05) is 0 Å². The van der Waals surface area contributed by atoms with Crippen LogP contribution in [0.3, 0.4) is 0 Å². The summed E-state index contributed by atoms with van der Waals surface area (Å²) in [5.41, 5.74) is 3.71. The third kappa shape index (κ3) is 2.28. The fourth-order valence-electron chi connectivity index (χ4n) is 3.79. The van der Waals surface area contributed by atoms with Gasteiger partial charge in [-0.2, -0.15) is 5.10 Å². The Labute approximate surface area is 141 Å². The van der Waals surface area contributed by atoms with E-state index in [1.54, 1.807) is 0 Å². The predicted octanol–water partition coefficient (Wildman–Crippen LogP) is 4.75.